The van der Waals surface area contributed by atoms with E-state index in [0.29, 0.717) is 17.2 Å². The highest BCUT2D eigenvalue weighted by atomic mass is 16.5. The fourth-order valence-corrected chi connectivity index (χ4v) is 2.84. The molecule has 0 aliphatic carbocycles. The normalized spacial score (nSPS) is 10.3. The van der Waals surface area contributed by atoms with Gasteiger partial charge in [0.2, 0.25) is 5.75 Å². The predicted octanol–water partition coefficient (Wildman–Crippen LogP) is 5.05. The average molecular weight is 320 g/mol. The molecule has 0 fully saturated rings. The van der Waals surface area contributed by atoms with Gasteiger partial charge in [0.15, 0.2) is 11.5 Å². The van der Waals surface area contributed by atoms with E-state index in [1.165, 1.54) is 5.56 Å². The molecule has 3 aromatic rings. The summed E-state index contributed by atoms with van der Waals surface area (Å²) in [6.45, 7) is 0. The molecule has 0 bridgehead atoms. The van der Waals surface area contributed by atoms with Crippen LogP contribution in [0.3, 0.4) is 0 Å². The van der Waals surface area contributed by atoms with Crippen molar-refractivity contribution in [1.29, 1.82) is 0 Å². The maximum atomic E-state index is 5.48. The van der Waals surface area contributed by atoms with Crippen LogP contribution in [0.1, 0.15) is 0 Å². The van der Waals surface area contributed by atoms with Gasteiger partial charge in [0.1, 0.15) is 0 Å². The highest BCUT2D eigenvalue weighted by Gasteiger charge is 2.16. The molecule has 3 nitrogen and oxygen atoms in total. The minimum atomic E-state index is 0.598. The van der Waals surface area contributed by atoms with Gasteiger partial charge in [-0.3, -0.25) is 0 Å². The van der Waals surface area contributed by atoms with Crippen LogP contribution >= 0.6 is 0 Å². The highest BCUT2D eigenvalue weighted by Crippen LogP contribution is 2.43. The van der Waals surface area contributed by atoms with E-state index in [1.807, 2.05) is 42.5 Å². The molecule has 0 radical (unpaired) electrons. The Balaban J connectivity index is 2.20. The van der Waals surface area contributed by atoms with Gasteiger partial charge >= 0.3 is 0 Å². The van der Waals surface area contributed by atoms with Crippen molar-refractivity contribution < 1.29 is 14.2 Å². The van der Waals surface area contributed by atoms with Crippen LogP contribution < -0.4 is 14.2 Å². The van der Waals surface area contributed by atoms with Gasteiger partial charge in [-0.05, 0) is 34.4 Å². The van der Waals surface area contributed by atoms with Gasteiger partial charge in [-0.15, -0.1) is 0 Å². The first-order valence-corrected chi connectivity index (χ1v) is 7.73. The van der Waals surface area contributed by atoms with Gasteiger partial charge in [0.05, 0.1) is 21.3 Å². The first kappa shape index (κ1) is 15.9. The van der Waals surface area contributed by atoms with Crippen molar-refractivity contribution in [1.82, 2.24) is 0 Å². The van der Waals surface area contributed by atoms with Gasteiger partial charge in [-0.2, -0.15) is 0 Å². The van der Waals surface area contributed by atoms with Crippen LogP contribution in [0.4, 0.5) is 0 Å². The lowest BCUT2D eigenvalue weighted by atomic mass is 9.94. The summed E-state index contributed by atoms with van der Waals surface area (Å²) < 4.78 is 16.4. The third-order valence-electron chi connectivity index (χ3n) is 3.99. The maximum absolute atomic E-state index is 5.48. The molecule has 0 spiro atoms. The third kappa shape index (κ3) is 2.93. The van der Waals surface area contributed by atoms with Crippen LogP contribution in [0.25, 0.3) is 22.3 Å². The van der Waals surface area contributed by atoms with Crippen molar-refractivity contribution in [3.05, 3.63) is 66.7 Å². The van der Waals surface area contributed by atoms with Crippen LogP contribution in [0.15, 0.2) is 66.7 Å². The Kier molecular flexibility index (Phi) is 4.71. The highest BCUT2D eigenvalue weighted by molar-refractivity contribution is 5.85. The molecule has 0 aromatic heterocycles. The van der Waals surface area contributed by atoms with E-state index in [2.05, 4.69) is 24.3 Å². The number of benzene rings is 3. The van der Waals surface area contributed by atoms with Gasteiger partial charge in [0.25, 0.3) is 0 Å². The minimum absolute atomic E-state index is 0.598. The van der Waals surface area contributed by atoms with Crippen LogP contribution in [-0.2, 0) is 0 Å². The molecule has 0 aliphatic heterocycles. The SMILES string of the molecule is COc1cc(-c2ccccc2-c2ccccc2)cc(OC)c1OC. The van der Waals surface area contributed by atoms with Crippen LogP contribution in [0.2, 0.25) is 0 Å². The second-order valence-corrected chi connectivity index (χ2v) is 5.33. The summed E-state index contributed by atoms with van der Waals surface area (Å²) in [5.74, 6) is 1.89. The monoisotopic (exact) mass is 320 g/mol. The zero-order chi connectivity index (χ0) is 16.9. The molecule has 3 rings (SSSR count). The molecule has 0 saturated carbocycles. The average Bonchev–Trinajstić information content (AvgIpc) is 2.67. The number of rotatable bonds is 5. The number of ether oxygens (including phenoxy) is 3. The van der Waals surface area contributed by atoms with Crippen molar-refractivity contribution in [2.75, 3.05) is 21.3 Å². The van der Waals surface area contributed by atoms with Crippen LogP contribution in [0, 0.1) is 0 Å². The van der Waals surface area contributed by atoms with Crippen molar-refractivity contribution in [2.24, 2.45) is 0 Å². The van der Waals surface area contributed by atoms with Crippen molar-refractivity contribution in [2.45, 2.75) is 0 Å². The smallest absolute Gasteiger partial charge is 0.203 e. The predicted molar refractivity (Wildman–Crippen MR) is 97.0 cm³/mol. The summed E-state index contributed by atoms with van der Waals surface area (Å²) in [5, 5.41) is 0. The summed E-state index contributed by atoms with van der Waals surface area (Å²) in [6.07, 6.45) is 0. The zero-order valence-corrected chi connectivity index (χ0v) is 14.1. The lowest BCUT2D eigenvalue weighted by molar-refractivity contribution is 0.324. The summed E-state index contributed by atoms with van der Waals surface area (Å²) in [7, 11) is 4.87. The molecule has 0 amide bonds. The summed E-state index contributed by atoms with van der Waals surface area (Å²) in [5.41, 5.74) is 4.46. The molecular weight excluding hydrogens is 300 g/mol. The van der Waals surface area contributed by atoms with Crippen molar-refractivity contribution >= 4 is 0 Å². The van der Waals surface area contributed by atoms with E-state index in [1.54, 1.807) is 21.3 Å². The quantitative estimate of drug-likeness (QED) is 0.658. The molecule has 0 atom stereocenters. The second-order valence-electron chi connectivity index (χ2n) is 5.33. The molecule has 3 heteroatoms. The van der Waals surface area contributed by atoms with E-state index in [0.717, 1.165) is 16.7 Å². The van der Waals surface area contributed by atoms with Gasteiger partial charge in [0, 0.05) is 0 Å². The summed E-state index contributed by atoms with van der Waals surface area (Å²) in [6, 6.07) is 22.6. The Bertz CT molecular complexity index is 800. The Morgan fingerprint density at radius 2 is 1.04 bits per heavy atom. The zero-order valence-electron chi connectivity index (χ0n) is 14.1. The minimum Gasteiger partial charge on any atom is -0.493 e. The lowest BCUT2D eigenvalue weighted by Gasteiger charge is -2.16. The Labute approximate surface area is 142 Å². The topological polar surface area (TPSA) is 27.7 Å². The number of hydrogen-bond donors (Lipinski definition) is 0. The first-order chi connectivity index (χ1) is 11.8. The van der Waals surface area contributed by atoms with Crippen molar-refractivity contribution in [3.63, 3.8) is 0 Å². The van der Waals surface area contributed by atoms with Crippen molar-refractivity contribution in [3.8, 4) is 39.5 Å². The molecular formula is C21H20O3. The van der Waals surface area contributed by atoms with E-state index >= 15 is 0 Å². The molecule has 122 valence electrons. The molecule has 0 aliphatic rings. The Morgan fingerprint density at radius 1 is 0.542 bits per heavy atom. The Morgan fingerprint density at radius 3 is 1.54 bits per heavy atom. The number of methoxy groups -OCH3 is 3. The van der Waals surface area contributed by atoms with Gasteiger partial charge in [-0.1, -0.05) is 54.6 Å². The summed E-state index contributed by atoms with van der Waals surface area (Å²) >= 11 is 0. The van der Waals surface area contributed by atoms with E-state index < -0.39 is 0 Å². The molecule has 3 aromatic carbocycles. The van der Waals surface area contributed by atoms with Crippen LogP contribution in [-0.4, -0.2) is 21.3 Å². The standard InChI is InChI=1S/C21H20O3/c1-22-19-13-16(14-20(23-2)21(19)24-3)18-12-8-7-11-17(18)15-9-5-4-6-10-15/h4-14H,1-3H3. The van der Waals surface area contributed by atoms with Gasteiger partial charge < -0.3 is 14.2 Å². The molecule has 0 N–H and O–H groups in total. The third-order valence-corrected chi connectivity index (χ3v) is 3.99. The van der Waals surface area contributed by atoms with E-state index in [4.69, 9.17) is 14.2 Å². The molecule has 24 heavy (non-hydrogen) atoms. The Hall–Kier alpha value is -2.94. The largest absolute Gasteiger partial charge is 0.493 e. The number of hydrogen-bond acceptors (Lipinski definition) is 3. The van der Waals surface area contributed by atoms with Crippen LogP contribution in [0.5, 0.6) is 17.2 Å². The fraction of sp³-hybridized carbons (Fsp3) is 0.143. The maximum Gasteiger partial charge on any atom is 0.203 e. The fourth-order valence-electron chi connectivity index (χ4n) is 2.84. The van der Waals surface area contributed by atoms with E-state index in [-0.39, 0.29) is 0 Å². The van der Waals surface area contributed by atoms with Gasteiger partial charge in [-0.25, -0.2) is 0 Å². The van der Waals surface area contributed by atoms with E-state index in [9.17, 15) is 0 Å². The molecule has 0 heterocycles. The molecule has 0 saturated heterocycles. The summed E-state index contributed by atoms with van der Waals surface area (Å²) in [4.78, 5) is 0. The molecule has 0 unspecified atom stereocenters. The second kappa shape index (κ2) is 7.09. The lowest BCUT2D eigenvalue weighted by Crippen LogP contribution is -1.96. The first-order valence-electron chi connectivity index (χ1n) is 7.73.